The summed E-state index contributed by atoms with van der Waals surface area (Å²) in [5, 5.41) is 37.6. The Labute approximate surface area is 451 Å². The second kappa shape index (κ2) is 26.3. The van der Waals surface area contributed by atoms with Crippen molar-refractivity contribution >= 4 is 99.5 Å². The molecule has 5 rings (SSSR count). The van der Waals surface area contributed by atoms with E-state index in [1.54, 1.807) is 25.1 Å². The molecule has 0 aliphatic rings. The molecule has 0 aliphatic carbocycles. The van der Waals surface area contributed by atoms with E-state index in [2.05, 4.69) is 45.2 Å². The predicted octanol–water partition coefficient (Wildman–Crippen LogP) is -8.38. The van der Waals surface area contributed by atoms with Crippen molar-refractivity contribution in [3.8, 4) is 11.8 Å². The Kier molecular flexibility index (Phi) is 25.0. The van der Waals surface area contributed by atoms with Crippen LogP contribution in [0.1, 0.15) is 23.7 Å². The fraction of sp³-hybridized carbons (Fsp3) is 0.161. The maximum Gasteiger partial charge on any atom is 1.00 e. The molecule has 22 nitrogen and oxygen atoms in total. The van der Waals surface area contributed by atoms with Gasteiger partial charge in [0.05, 0.1) is 44.2 Å². The molecule has 308 valence electrons. The summed E-state index contributed by atoms with van der Waals surface area (Å²) >= 11 is 1.30. The number of rotatable bonds is 18. The average molecular weight is 988 g/mol. The van der Waals surface area contributed by atoms with Crippen molar-refractivity contribution in [1.29, 1.82) is 0 Å². The van der Waals surface area contributed by atoms with Crippen LogP contribution in [0.15, 0.2) is 96.8 Å². The van der Waals surface area contributed by atoms with Crippen LogP contribution in [0.25, 0.3) is 10.8 Å². The van der Waals surface area contributed by atoms with Crippen LogP contribution in [0.5, 0.6) is 11.8 Å². The fourth-order valence-electron chi connectivity index (χ4n) is 4.90. The Balaban J connectivity index is 0.00000480. The molecule has 0 saturated carbocycles. The Morgan fingerprint density at radius 1 is 0.855 bits per heavy atom. The molecular weight excluding hydrogens is 963 g/mol. The Morgan fingerprint density at radius 2 is 1.53 bits per heavy atom. The molecule has 0 aliphatic heterocycles. The minimum Gasteiger partial charge on any atom is -0.748 e. The van der Waals surface area contributed by atoms with E-state index < -0.39 is 68.9 Å². The van der Waals surface area contributed by atoms with Crippen LogP contribution in [0.2, 0.25) is 0 Å². The number of carbonyl (C=O) groups is 1. The van der Waals surface area contributed by atoms with Gasteiger partial charge in [-0.2, -0.15) is 19.3 Å². The van der Waals surface area contributed by atoms with Gasteiger partial charge in [0.2, 0.25) is 5.95 Å². The molecule has 0 spiro atoms. The van der Waals surface area contributed by atoms with Crippen LogP contribution in [0.3, 0.4) is 0 Å². The number of hydrogen-bond donors (Lipinski definition) is 3. The van der Waals surface area contributed by atoms with Crippen molar-refractivity contribution in [2.75, 3.05) is 28.7 Å². The van der Waals surface area contributed by atoms with Gasteiger partial charge in [-0.05, 0) is 67.3 Å². The van der Waals surface area contributed by atoms with Crippen LogP contribution in [-0.4, -0.2) is 83.0 Å². The number of azo groups is 1. The first kappa shape index (κ1) is 58.9. The second-order valence-corrected chi connectivity index (χ2v) is 17.3. The van der Waals surface area contributed by atoms with Gasteiger partial charge in [0.15, 0.2) is 10.9 Å². The summed E-state index contributed by atoms with van der Waals surface area (Å²) in [5.74, 6) is -2.45. The molecule has 4 aromatic carbocycles. The number of ether oxygens (including phenoxy) is 1. The number of aromatic nitrogens is 3. The third kappa shape index (κ3) is 17.0. The van der Waals surface area contributed by atoms with Crippen LogP contribution < -0.4 is 139 Å². The van der Waals surface area contributed by atoms with E-state index in [1.807, 2.05) is 0 Å². The third-order valence-electron chi connectivity index (χ3n) is 7.21. The predicted molar refractivity (Wildman–Crippen MR) is 199 cm³/mol. The number of nitrogens with one attached hydrogen (secondary N) is 2. The number of amides is 1. The number of fused-ring (bicyclic) bond motifs is 1. The molecule has 0 saturated heterocycles. The quantitative estimate of drug-likeness (QED) is 0.0107. The van der Waals surface area contributed by atoms with Crippen molar-refractivity contribution in [1.82, 2.24) is 15.0 Å². The van der Waals surface area contributed by atoms with Gasteiger partial charge in [-0.3, -0.25) is 9.83 Å². The molecule has 1 heterocycles. The number of hydrogen-bond acceptors (Lipinski definition) is 23. The summed E-state index contributed by atoms with van der Waals surface area (Å²) in [6.45, 7) is 1.76. The molecule has 0 radical (unpaired) electrons. The number of phenolic OH excluding ortho intramolecular Hbond substituents is 1. The van der Waals surface area contributed by atoms with Crippen LogP contribution in [-0.2, 0) is 39.7 Å². The van der Waals surface area contributed by atoms with E-state index in [-0.39, 0.29) is 187 Å². The standard InChI is InChI=1S/C31H29N7O15S5.4Na/c1-2-51-30-34-29(35-31(36-30)54-11-6-12-56(42,43)44)32-19-9-10-23(57(45,46)47)21(15-19)37-38-26-24(58(48,49)50)14-18-13-20(55-53-52-41)16-22(25(18)27(26)39)33-28(40)17-7-4-3-5-8-17;;;;/h3-5,7-10,13-16,39,41H,2,6,11-12H2,1H3,(H,33,40)(H,42,43,44)(H,45,46,47)(H,48,49,50)(H,32,34,35,36);;;;/q;4*+1/p-4. The topological polar surface area (TPSA) is 347 Å². The normalized spacial score (nSPS) is 11.4. The number of nitrogens with zero attached hydrogens (tertiary/aromatic N) is 5. The minimum absolute atomic E-state index is 0. The summed E-state index contributed by atoms with van der Waals surface area (Å²) in [6.07, 6.45) is -0.0206. The number of phenols is 1. The number of anilines is 3. The smallest absolute Gasteiger partial charge is 0.748 e. The van der Waals surface area contributed by atoms with E-state index in [4.69, 9.17) is 4.74 Å². The molecule has 5 aromatic rings. The number of aromatic hydroxyl groups is 1. The van der Waals surface area contributed by atoms with Gasteiger partial charge in [-0.1, -0.05) is 30.0 Å². The van der Waals surface area contributed by atoms with Gasteiger partial charge in [0, 0.05) is 33.0 Å². The molecule has 1 aromatic heterocycles. The van der Waals surface area contributed by atoms with E-state index in [1.165, 1.54) is 24.3 Å². The second-order valence-electron chi connectivity index (χ2n) is 11.2. The Bertz CT molecular complexity index is 2730. The zero-order valence-electron chi connectivity index (χ0n) is 33.1. The van der Waals surface area contributed by atoms with Crippen LogP contribution in [0, 0.1) is 0 Å². The molecule has 1 amide bonds. The third-order valence-corrected chi connectivity index (χ3v) is 11.2. The van der Waals surface area contributed by atoms with Crippen molar-refractivity contribution in [3.05, 3.63) is 72.3 Å². The van der Waals surface area contributed by atoms with Gasteiger partial charge in [0.25, 0.3) is 5.91 Å². The summed E-state index contributed by atoms with van der Waals surface area (Å²) in [5.41, 5.74) is -1.84. The molecule has 0 bridgehead atoms. The van der Waals surface area contributed by atoms with Gasteiger partial charge >= 0.3 is 124 Å². The molecule has 31 heteroatoms. The van der Waals surface area contributed by atoms with Crippen molar-refractivity contribution in [3.63, 3.8) is 0 Å². The Hall–Kier alpha value is -1.07. The summed E-state index contributed by atoms with van der Waals surface area (Å²) in [6, 6.07) is 13.6. The first-order chi connectivity index (χ1) is 27.4. The van der Waals surface area contributed by atoms with Gasteiger partial charge in [0.1, 0.15) is 31.6 Å². The van der Waals surface area contributed by atoms with E-state index >= 15 is 0 Å². The van der Waals surface area contributed by atoms with E-state index in [9.17, 15) is 54.1 Å². The van der Waals surface area contributed by atoms with Crippen LogP contribution in [0.4, 0.5) is 28.7 Å². The first-order valence-corrected chi connectivity index (χ1v) is 22.0. The van der Waals surface area contributed by atoms with Crippen molar-refractivity contribution in [2.45, 2.75) is 33.2 Å². The largest absolute Gasteiger partial charge is 1.00 e. The SMILES string of the molecule is CCOc1nc(Nc2ccc(S(=O)(=O)[O-])c(N=Nc3c(S(=O)(=O)[O-])cc4cc(SOO[O-])cc(NC(=O)c5ccccc5)c4c3O)c2)nc(SCCCS(=O)(=O)[O-])n1.[Na+].[Na+].[Na+].[Na+]. The molecule has 0 atom stereocenters. The summed E-state index contributed by atoms with van der Waals surface area (Å²) in [7, 11) is -15.3. The molecular formula is C31H25N7Na4O15S5. The molecule has 0 fully saturated rings. The number of benzene rings is 4. The zero-order valence-corrected chi connectivity index (χ0v) is 45.2. The van der Waals surface area contributed by atoms with Gasteiger partial charge in [-0.15, -0.1) is 10.2 Å². The summed E-state index contributed by atoms with van der Waals surface area (Å²) in [4.78, 5) is 23.4. The maximum atomic E-state index is 13.1. The van der Waals surface area contributed by atoms with Crippen molar-refractivity contribution < 1.29 is 186 Å². The molecule has 3 N–H and O–H groups in total. The van der Waals surface area contributed by atoms with Gasteiger partial charge in [-0.25, -0.2) is 25.3 Å². The summed E-state index contributed by atoms with van der Waals surface area (Å²) < 4.78 is 117. The average Bonchev–Trinajstić information content (AvgIpc) is 3.14. The molecule has 62 heavy (non-hydrogen) atoms. The Morgan fingerprint density at radius 3 is 2.15 bits per heavy atom. The molecule has 0 unspecified atom stereocenters. The zero-order chi connectivity index (χ0) is 42.3. The first-order valence-electron chi connectivity index (χ1n) is 15.9. The number of thioether (sulfide) groups is 1. The number of carbonyl (C=O) groups excluding carboxylic acids is 1. The fourth-order valence-corrected chi connectivity index (χ4v) is 8.03. The van der Waals surface area contributed by atoms with E-state index in [0.717, 1.165) is 36.0 Å². The van der Waals surface area contributed by atoms with Crippen LogP contribution >= 0.6 is 23.8 Å². The maximum absolute atomic E-state index is 13.1. The van der Waals surface area contributed by atoms with Gasteiger partial charge < -0.3 is 39.4 Å². The van der Waals surface area contributed by atoms with E-state index in [0.29, 0.717) is 12.0 Å². The van der Waals surface area contributed by atoms with Crippen molar-refractivity contribution in [2.24, 2.45) is 10.2 Å². The minimum atomic E-state index is -5.51. The monoisotopic (exact) mass is 987 g/mol.